The molecule has 4 nitrogen and oxygen atoms in total. The first-order valence-electron chi connectivity index (χ1n) is 4.50. The van der Waals surface area contributed by atoms with E-state index in [-0.39, 0.29) is 5.82 Å². The number of aromatic nitrogens is 2. The molecule has 0 aliphatic rings. The molecule has 78 valence electrons. The second-order valence-electron chi connectivity index (χ2n) is 3.21. The van der Waals surface area contributed by atoms with Crippen molar-refractivity contribution in [1.29, 1.82) is 0 Å². The summed E-state index contributed by atoms with van der Waals surface area (Å²) in [4.78, 5) is 7.18. The molecule has 0 bridgehead atoms. The SMILES string of the molecule is Cc1[nH]c(NN)nc1-c1ccc(F)cc1. The molecule has 15 heavy (non-hydrogen) atoms. The molecule has 0 saturated heterocycles. The third-order valence-corrected chi connectivity index (χ3v) is 2.14. The Labute approximate surface area is 86.3 Å². The number of H-pyrrole nitrogens is 1. The molecule has 0 atom stereocenters. The highest BCUT2D eigenvalue weighted by molar-refractivity contribution is 5.63. The van der Waals surface area contributed by atoms with Crippen LogP contribution < -0.4 is 11.3 Å². The average molecular weight is 206 g/mol. The van der Waals surface area contributed by atoms with E-state index in [0.29, 0.717) is 5.95 Å². The molecule has 2 aromatic rings. The molecule has 0 amide bonds. The molecule has 4 N–H and O–H groups in total. The Morgan fingerprint density at radius 1 is 1.33 bits per heavy atom. The largest absolute Gasteiger partial charge is 0.327 e. The van der Waals surface area contributed by atoms with Crippen molar-refractivity contribution >= 4 is 5.95 Å². The van der Waals surface area contributed by atoms with E-state index in [1.165, 1.54) is 12.1 Å². The fraction of sp³-hybridized carbons (Fsp3) is 0.100. The van der Waals surface area contributed by atoms with Crippen LogP contribution in [0.3, 0.4) is 0 Å². The third-order valence-electron chi connectivity index (χ3n) is 2.14. The highest BCUT2D eigenvalue weighted by atomic mass is 19.1. The highest BCUT2D eigenvalue weighted by Gasteiger charge is 2.07. The minimum atomic E-state index is -0.260. The zero-order valence-electron chi connectivity index (χ0n) is 8.21. The van der Waals surface area contributed by atoms with Crippen LogP contribution in [0, 0.1) is 12.7 Å². The zero-order chi connectivity index (χ0) is 10.8. The number of anilines is 1. The number of nitrogens with two attached hydrogens (primary N) is 1. The predicted octanol–water partition coefficient (Wildman–Crippen LogP) is 1.81. The molecular weight excluding hydrogens is 195 g/mol. The molecule has 0 spiro atoms. The number of benzene rings is 1. The van der Waals surface area contributed by atoms with E-state index in [2.05, 4.69) is 15.4 Å². The second-order valence-corrected chi connectivity index (χ2v) is 3.21. The van der Waals surface area contributed by atoms with Crippen molar-refractivity contribution < 1.29 is 4.39 Å². The van der Waals surface area contributed by atoms with Crippen molar-refractivity contribution in [2.75, 3.05) is 5.43 Å². The molecule has 0 saturated carbocycles. The van der Waals surface area contributed by atoms with E-state index in [1.54, 1.807) is 12.1 Å². The number of hydrogen-bond acceptors (Lipinski definition) is 3. The summed E-state index contributed by atoms with van der Waals surface area (Å²) < 4.78 is 12.7. The maximum atomic E-state index is 12.7. The lowest BCUT2D eigenvalue weighted by molar-refractivity contribution is 0.628. The molecule has 0 radical (unpaired) electrons. The number of imidazole rings is 1. The number of aryl methyl sites for hydroxylation is 1. The number of hydrogen-bond donors (Lipinski definition) is 3. The van der Waals surface area contributed by atoms with Crippen LogP contribution in [0.1, 0.15) is 5.69 Å². The minimum Gasteiger partial charge on any atom is -0.327 e. The summed E-state index contributed by atoms with van der Waals surface area (Å²) in [5, 5.41) is 0. The van der Waals surface area contributed by atoms with Gasteiger partial charge < -0.3 is 4.98 Å². The number of nitrogens with zero attached hydrogens (tertiary/aromatic N) is 1. The first-order chi connectivity index (χ1) is 7.20. The number of hydrazine groups is 1. The van der Waals surface area contributed by atoms with Crippen LogP contribution in [-0.2, 0) is 0 Å². The standard InChI is InChI=1S/C10H11FN4/c1-6-9(14-10(13-6)15-12)7-2-4-8(11)5-3-7/h2-5H,12H2,1H3,(H2,13,14,15). The molecule has 0 unspecified atom stereocenters. The van der Waals surface area contributed by atoms with Gasteiger partial charge in [0.2, 0.25) is 5.95 Å². The van der Waals surface area contributed by atoms with Crippen molar-refractivity contribution in [1.82, 2.24) is 9.97 Å². The summed E-state index contributed by atoms with van der Waals surface area (Å²) in [6.45, 7) is 1.88. The first-order valence-corrected chi connectivity index (χ1v) is 4.50. The van der Waals surface area contributed by atoms with Crippen LogP contribution in [0.2, 0.25) is 0 Å². The van der Waals surface area contributed by atoms with Crippen LogP contribution >= 0.6 is 0 Å². The smallest absolute Gasteiger partial charge is 0.215 e. The molecule has 0 fully saturated rings. The Morgan fingerprint density at radius 3 is 2.53 bits per heavy atom. The van der Waals surface area contributed by atoms with Crippen molar-refractivity contribution in [2.24, 2.45) is 5.84 Å². The van der Waals surface area contributed by atoms with Gasteiger partial charge in [0.15, 0.2) is 0 Å². The monoisotopic (exact) mass is 206 g/mol. The molecule has 0 aliphatic heterocycles. The van der Waals surface area contributed by atoms with Gasteiger partial charge in [-0.05, 0) is 31.2 Å². The van der Waals surface area contributed by atoms with Gasteiger partial charge in [-0.25, -0.2) is 15.2 Å². The number of aromatic amines is 1. The summed E-state index contributed by atoms with van der Waals surface area (Å²) in [5.74, 6) is 5.46. The highest BCUT2D eigenvalue weighted by Crippen LogP contribution is 2.22. The molecule has 1 aromatic carbocycles. The minimum absolute atomic E-state index is 0.260. The van der Waals surface area contributed by atoms with Gasteiger partial charge in [-0.3, -0.25) is 5.43 Å². The van der Waals surface area contributed by atoms with E-state index in [0.717, 1.165) is 17.0 Å². The molecule has 0 aliphatic carbocycles. The van der Waals surface area contributed by atoms with Gasteiger partial charge in [-0.1, -0.05) is 0 Å². The van der Waals surface area contributed by atoms with Crippen molar-refractivity contribution in [3.63, 3.8) is 0 Å². The maximum Gasteiger partial charge on any atom is 0.215 e. The van der Waals surface area contributed by atoms with Gasteiger partial charge in [-0.2, -0.15) is 0 Å². The Kier molecular flexibility index (Phi) is 2.39. The van der Waals surface area contributed by atoms with Crippen LogP contribution in [0.15, 0.2) is 24.3 Å². The van der Waals surface area contributed by atoms with Crippen molar-refractivity contribution in [3.8, 4) is 11.3 Å². The van der Waals surface area contributed by atoms with Crippen LogP contribution in [-0.4, -0.2) is 9.97 Å². The summed E-state index contributed by atoms with van der Waals surface area (Å²) in [6, 6.07) is 6.16. The Morgan fingerprint density at radius 2 is 2.00 bits per heavy atom. The lowest BCUT2D eigenvalue weighted by atomic mass is 10.1. The molecule has 5 heteroatoms. The lowest BCUT2D eigenvalue weighted by Crippen LogP contribution is -2.07. The zero-order valence-corrected chi connectivity index (χ0v) is 8.21. The molecule has 1 aromatic heterocycles. The topological polar surface area (TPSA) is 66.7 Å². The number of halogens is 1. The van der Waals surface area contributed by atoms with Gasteiger partial charge in [0.1, 0.15) is 5.82 Å². The lowest BCUT2D eigenvalue weighted by Gasteiger charge is -1.97. The Balaban J connectivity index is 2.44. The summed E-state index contributed by atoms with van der Waals surface area (Å²) in [6.07, 6.45) is 0. The van der Waals surface area contributed by atoms with E-state index in [4.69, 9.17) is 5.84 Å². The van der Waals surface area contributed by atoms with Gasteiger partial charge >= 0.3 is 0 Å². The maximum absolute atomic E-state index is 12.7. The van der Waals surface area contributed by atoms with Crippen molar-refractivity contribution in [3.05, 3.63) is 35.8 Å². The normalized spacial score (nSPS) is 10.3. The van der Waals surface area contributed by atoms with Gasteiger partial charge in [-0.15, -0.1) is 0 Å². The Hall–Kier alpha value is -1.88. The first kappa shape index (κ1) is 9.67. The quantitative estimate of drug-likeness (QED) is 0.518. The van der Waals surface area contributed by atoms with E-state index >= 15 is 0 Å². The fourth-order valence-corrected chi connectivity index (χ4v) is 1.42. The Bertz CT molecular complexity index is 461. The fourth-order valence-electron chi connectivity index (χ4n) is 1.42. The summed E-state index contributed by atoms with van der Waals surface area (Å²) >= 11 is 0. The predicted molar refractivity (Wildman–Crippen MR) is 56.5 cm³/mol. The van der Waals surface area contributed by atoms with Crippen LogP contribution in [0.25, 0.3) is 11.3 Å². The summed E-state index contributed by atoms with van der Waals surface area (Å²) in [5.41, 5.74) is 4.93. The molecule has 2 rings (SSSR count). The molecular formula is C10H11FN4. The third kappa shape index (κ3) is 1.82. The van der Waals surface area contributed by atoms with E-state index in [1.807, 2.05) is 6.92 Å². The second kappa shape index (κ2) is 3.70. The van der Waals surface area contributed by atoms with Crippen molar-refractivity contribution in [2.45, 2.75) is 6.92 Å². The van der Waals surface area contributed by atoms with Crippen LogP contribution in [0.5, 0.6) is 0 Å². The van der Waals surface area contributed by atoms with Gasteiger partial charge in [0.25, 0.3) is 0 Å². The number of nitrogen functional groups attached to an aromatic ring is 1. The number of rotatable bonds is 2. The number of nitrogens with one attached hydrogen (secondary N) is 2. The molecule has 1 heterocycles. The summed E-state index contributed by atoms with van der Waals surface area (Å²) in [7, 11) is 0. The van der Waals surface area contributed by atoms with Gasteiger partial charge in [0.05, 0.1) is 5.69 Å². The van der Waals surface area contributed by atoms with E-state index < -0.39 is 0 Å². The van der Waals surface area contributed by atoms with Crippen LogP contribution in [0.4, 0.5) is 10.3 Å². The van der Waals surface area contributed by atoms with E-state index in [9.17, 15) is 4.39 Å². The van der Waals surface area contributed by atoms with Gasteiger partial charge in [0, 0.05) is 11.3 Å². The average Bonchev–Trinajstić information content (AvgIpc) is 2.61.